The van der Waals surface area contributed by atoms with Gasteiger partial charge in [0.2, 0.25) is 17.7 Å². The first kappa shape index (κ1) is 26.0. The van der Waals surface area contributed by atoms with E-state index in [4.69, 9.17) is 5.11 Å². The molecule has 3 aliphatic rings. The van der Waals surface area contributed by atoms with E-state index < -0.39 is 28.2 Å². The predicted molar refractivity (Wildman–Crippen MR) is 139 cm³/mol. The summed E-state index contributed by atoms with van der Waals surface area (Å²) in [6.07, 6.45) is 4.12. The van der Waals surface area contributed by atoms with Gasteiger partial charge in [0, 0.05) is 29.6 Å². The number of likely N-dealkylation sites (tertiary alicyclic amines) is 1. The van der Waals surface area contributed by atoms with Gasteiger partial charge in [-0.1, -0.05) is 38.0 Å². The van der Waals surface area contributed by atoms with Crippen LogP contribution in [-0.4, -0.2) is 62.5 Å². The van der Waals surface area contributed by atoms with E-state index >= 15 is 0 Å². The molecule has 0 aromatic heterocycles. The molecule has 3 N–H and O–H groups in total. The van der Waals surface area contributed by atoms with Gasteiger partial charge in [-0.2, -0.15) is 0 Å². The number of carbonyl (C=O) groups excluding carboxylic acids is 3. The molecule has 8 heteroatoms. The molecular weight excluding hydrogens is 462 g/mol. The van der Waals surface area contributed by atoms with Crippen LogP contribution in [0.15, 0.2) is 30.3 Å². The molecule has 4 rings (SSSR count). The molecule has 35 heavy (non-hydrogen) atoms. The zero-order valence-corrected chi connectivity index (χ0v) is 22.1. The number of hydrogen-bond acceptors (Lipinski definition) is 5. The summed E-state index contributed by atoms with van der Waals surface area (Å²) < 4.78 is -0.596. The van der Waals surface area contributed by atoms with Crippen molar-refractivity contribution in [3.63, 3.8) is 0 Å². The zero-order chi connectivity index (χ0) is 25.4. The van der Waals surface area contributed by atoms with Crippen LogP contribution >= 0.6 is 11.8 Å². The maximum absolute atomic E-state index is 14.0. The molecule has 6 atom stereocenters. The molecule has 3 heterocycles. The Balaban J connectivity index is 1.64. The fourth-order valence-electron chi connectivity index (χ4n) is 6.29. The Kier molecular flexibility index (Phi) is 7.53. The van der Waals surface area contributed by atoms with E-state index in [-0.39, 0.29) is 35.5 Å². The molecule has 1 aromatic carbocycles. The molecule has 0 saturated carbocycles. The average Bonchev–Trinajstić information content (AvgIpc) is 3.37. The molecule has 7 nitrogen and oxygen atoms in total. The number of aliphatic hydroxyl groups excluding tert-OH is 1. The average molecular weight is 502 g/mol. The van der Waals surface area contributed by atoms with E-state index in [0.29, 0.717) is 6.54 Å². The van der Waals surface area contributed by atoms with E-state index in [1.165, 1.54) is 0 Å². The number of thioether (sulfide) groups is 1. The number of anilines is 1. The summed E-state index contributed by atoms with van der Waals surface area (Å²) in [7, 11) is 0. The first-order valence-electron chi connectivity index (χ1n) is 12.9. The van der Waals surface area contributed by atoms with Crippen LogP contribution < -0.4 is 10.6 Å². The third-order valence-corrected chi connectivity index (χ3v) is 9.72. The lowest BCUT2D eigenvalue weighted by Crippen LogP contribution is -2.59. The van der Waals surface area contributed by atoms with Gasteiger partial charge in [0.15, 0.2) is 0 Å². The van der Waals surface area contributed by atoms with Crippen molar-refractivity contribution in [3.05, 3.63) is 30.3 Å². The van der Waals surface area contributed by atoms with Gasteiger partial charge in [-0.05, 0) is 58.1 Å². The molecule has 3 amide bonds. The van der Waals surface area contributed by atoms with Gasteiger partial charge < -0.3 is 20.6 Å². The van der Waals surface area contributed by atoms with Crippen LogP contribution in [-0.2, 0) is 14.4 Å². The van der Waals surface area contributed by atoms with Crippen molar-refractivity contribution in [3.8, 4) is 0 Å². The Hall–Kier alpha value is -2.06. The monoisotopic (exact) mass is 501 g/mol. The summed E-state index contributed by atoms with van der Waals surface area (Å²) in [6.45, 7) is 8.66. The summed E-state index contributed by atoms with van der Waals surface area (Å²) in [6, 6.07) is 8.77. The van der Waals surface area contributed by atoms with E-state index in [1.807, 2.05) is 51.1 Å². The van der Waals surface area contributed by atoms with E-state index in [2.05, 4.69) is 17.6 Å². The Bertz CT molecular complexity index is 949. The second-order valence-electron chi connectivity index (χ2n) is 11.3. The van der Waals surface area contributed by atoms with Gasteiger partial charge in [0.25, 0.3) is 0 Å². The molecule has 3 unspecified atom stereocenters. The topological polar surface area (TPSA) is 98.7 Å². The highest BCUT2D eigenvalue weighted by molar-refractivity contribution is 8.02. The molecule has 3 fully saturated rings. The van der Waals surface area contributed by atoms with Gasteiger partial charge in [0.05, 0.1) is 16.6 Å². The van der Waals surface area contributed by atoms with Gasteiger partial charge in [-0.15, -0.1) is 11.8 Å². The third kappa shape index (κ3) is 4.84. The normalized spacial score (nSPS) is 31.5. The number of benzene rings is 1. The lowest BCUT2D eigenvalue weighted by molar-refractivity contribution is -0.139. The van der Waals surface area contributed by atoms with Crippen molar-refractivity contribution >= 4 is 35.2 Å². The van der Waals surface area contributed by atoms with Crippen LogP contribution in [0.4, 0.5) is 5.69 Å². The maximum atomic E-state index is 14.0. The standard InChI is InChI=1S/C27H39N3O4S/c1-17-16-19-20(23(32)28-18-12-8-7-9-13-18)21-25(34)30(14-10-5-6-11-15-31)22(27(17,21)35-19)24(33)29-26(2,3)4/h7-9,12-13,17,19-22,31H,5-6,10-11,14-16H2,1-4H3,(H,28,32)(H,29,33)/t17?,19-,20+,21-,22?,27?/m0/s1. The summed E-state index contributed by atoms with van der Waals surface area (Å²) in [5.74, 6) is -1.10. The molecular formula is C27H39N3O4S. The van der Waals surface area contributed by atoms with Crippen LogP contribution in [0.1, 0.15) is 59.8 Å². The summed E-state index contributed by atoms with van der Waals surface area (Å²) in [4.78, 5) is 43.0. The first-order valence-corrected chi connectivity index (χ1v) is 13.7. The van der Waals surface area contributed by atoms with E-state index in [9.17, 15) is 14.4 Å². The molecule has 1 aromatic rings. The van der Waals surface area contributed by atoms with Crippen LogP contribution in [0.5, 0.6) is 0 Å². The highest BCUT2D eigenvalue weighted by atomic mass is 32.2. The van der Waals surface area contributed by atoms with Gasteiger partial charge in [0.1, 0.15) is 6.04 Å². The highest BCUT2D eigenvalue weighted by Crippen LogP contribution is 2.68. The van der Waals surface area contributed by atoms with E-state index in [0.717, 1.165) is 37.8 Å². The minimum atomic E-state index is -0.596. The lowest BCUT2D eigenvalue weighted by atomic mass is 9.65. The van der Waals surface area contributed by atoms with Crippen molar-refractivity contribution < 1.29 is 19.5 Å². The fraction of sp³-hybridized carbons (Fsp3) is 0.667. The number of fused-ring (bicyclic) bond motifs is 1. The highest BCUT2D eigenvalue weighted by Gasteiger charge is 2.75. The van der Waals surface area contributed by atoms with Crippen LogP contribution in [0.25, 0.3) is 0 Å². The zero-order valence-electron chi connectivity index (χ0n) is 21.3. The number of rotatable bonds is 9. The Morgan fingerprint density at radius 1 is 1.11 bits per heavy atom. The number of para-hydroxylation sites is 1. The minimum Gasteiger partial charge on any atom is -0.396 e. The number of amides is 3. The Morgan fingerprint density at radius 2 is 1.80 bits per heavy atom. The van der Waals surface area contributed by atoms with Crippen molar-refractivity contribution in [2.24, 2.45) is 17.8 Å². The van der Waals surface area contributed by atoms with Crippen LogP contribution in [0.2, 0.25) is 0 Å². The second kappa shape index (κ2) is 10.1. The predicted octanol–water partition coefficient (Wildman–Crippen LogP) is 3.43. The summed E-state index contributed by atoms with van der Waals surface area (Å²) in [5, 5.41) is 15.3. The second-order valence-corrected chi connectivity index (χ2v) is 12.9. The van der Waals surface area contributed by atoms with Crippen LogP contribution in [0, 0.1) is 17.8 Å². The smallest absolute Gasteiger partial charge is 0.244 e. The van der Waals surface area contributed by atoms with Crippen molar-refractivity contribution in [1.82, 2.24) is 10.2 Å². The minimum absolute atomic E-state index is 0.0271. The van der Waals surface area contributed by atoms with Crippen molar-refractivity contribution in [2.45, 2.75) is 81.4 Å². The fourth-order valence-corrected chi connectivity index (χ4v) is 8.72. The number of unbranched alkanes of at least 4 members (excludes halogenated alkanes) is 3. The van der Waals surface area contributed by atoms with Crippen LogP contribution in [0.3, 0.4) is 0 Å². The summed E-state index contributed by atoms with van der Waals surface area (Å²) in [5.41, 5.74) is 0.302. The molecule has 3 saturated heterocycles. The number of aliphatic hydroxyl groups is 1. The van der Waals surface area contributed by atoms with Gasteiger partial charge >= 0.3 is 0 Å². The SMILES string of the molecule is CC1C[C@@H]2SC13C(C(=O)NC(C)(C)C)N(CCCCCCO)C(=O)[C@@H]3[C@@H]2C(=O)Nc1ccccc1. The van der Waals surface area contributed by atoms with Crippen molar-refractivity contribution in [1.29, 1.82) is 0 Å². The third-order valence-electron chi connectivity index (χ3n) is 7.64. The molecule has 0 radical (unpaired) electrons. The first-order chi connectivity index (χ1) is 16.6. The number of carbonyl (C=O) groups is 3. The number of hydrogen-bond donors (Lipinski definition) is 3. The molecule has 2 bridgehead atoms. The largest absolute Gasteiger partial charge is 0.396 e. The molecule has 0 aliphatic carbocycles. The van der Waals surface area contributed by atoms with Gasteiger partial charge in [-0.25, -0.2) is 0 Å². The van der Waals surface area contributed by atoms with Gasteiger partial charge in [-0.3, -0.25) is 14.4 Å². The van der Waals surface area contributed by atoms with E-state index in [1.54, 1.807) is 16.7 Å². The Morgan fingerprint density at radius 3 is 2.46 bits per heavy atom. The quantitative estimate of drug-likeness (QED) is 0.451. The molecule has 1 spiro atoms. The lowest BCUT2D eigenvalue weighted by Gasteiger charge is -2.39. The maximum Gasteiger partial charge on any atom is 0.244 e. The Labute approximate surface area is 212 Å². The molecule has 3 aliphatic heterocycles. The number of nitrogens with zero attached hydrogens (tertiary/aromatic N) is 1. The summed E-state index contributed by atoms with van der Waals surface area (Å²) >= 11 is 1.70. The van der Waals surface area contributed by atoms with Crippen molar-refractivity contribution in [2.75, 3.05) is 18.5 Å². The molecule has 192 valence electrons. The number of nitrogens with one attached hydrogen (secondary N) is 2.